The van der Waals surface area contributed by atoms with Gasteiger partial charge in [0.05, 0.1) is 25.1 Å². The first-order valence-electron chi connectivity index (χ1n) is 10.5. The third-order valence-electron chi connectivity index (χ3n) is 4.94. The molecule has 2 aromatic carbocycles. The van der Waals surface area contributed by atoms with Crippen molar-refractivity contribution in [2.45, 2.75) is 45.6 Å². The summed E-state index contributed by atoms with van der Waals surface area (Å²) >= 11 is 3.30. The number of nitrogens with zero attached hydrogens (tertiary/aromatic N) is 1. The molecule has 34 heavy (non-hydrogen) atoms. The normalized spacial score (nSPS) is 12.9. The van der Waals surface area contributed by atoms with Gasteiger partial charge in [0.1, 0.15) is 16.4 Å². The van der Waals surface area contributed by atoms with Crippen LogP contribution in [0.4, 0.5) is 5.69 Å². The van der Waals surface area contributed by atoms with Crippen LogP contribution in [0.1, 0.15) is 33.4 Å². The molecule has 0 aliphatic rings. The number of aryl methyl sites for hydroxylation is 1. The zero-order chi connectivity index (χ0) is 25.3. The van der Waals surface area contributed by atoms with Crippen molar-refractivity contribution >= 4 is 48.6 Å². The first-order chi connectivity index (χ1) is 15.9. The molecule has 0 amide bonds. The molecule has 1 atom stereocenters. The van der Waals surface area contributed by atoms with Crippen LogP contribution in [0.2, 0.25) is 0 Å². The molecule has 184 valence electrons. The lowest BCUT2D eigenvalue weighted by atomic mass is 9.89. The summed E-state index contributed by atoms with van der Waals surface area (Å²) in [6, 6.07) is 7.71. The average molecular weight is 555 g/mol. The second kappa shape index (κ2) is 9.83. The van der Waals surface area contributed by atoms with E-state index in [2.05, 4.69) is 25.8 Å². The van der Waals surface area contributed by atoms with Gasteiger partial charge >= 0.3 is 5.97 Å². The molecule has 0 saturated heterocycles. The highest BCUT2D eigenvalue weighted by atomic mass is 79.9. The summed E-state index contributed by atoms with van der Waals surface area (Å²) in [5.41, 5.74) is 0.411. The summed E-state index contributed by atoms with van der Waals surface area (Å²) in [5.74, 6) is -0.306. The molecule has 0 saturated carbocycles. The molecule has 9 nitrogen and oxygen atoms in total. The van der Waals surface area contributed by atoms with Gasteiger partial charge in [0, 0.05) is 21.3 Å². The van der Waals surface area contributed by atoms with Crippen molar-refractivity contribution in [1.82, 2.24) is 5.16 Å². The maximum atomic E-state index is 13.4. The first kappa shape index (κ1) is 25.8. The summed E-state index contributed by atoms with van der Waals surface area (Å²) < 4.78 is 51.7. The fourth-order valence-electron chi connectivity index (χ4n) is 3.25. The van der Waals surface area contributed by atoms with Crippen LogP contribution in [0, 0.1) is 12.3 Å². The molecule has 0 aliphatic heterocycles. The van der Waals surface area contributed by atoms with E-state index in [0.717, 1.165) is 0 Å². The van der Waals surface area contributed by atoms with E-state index < -0.39 is 27.5 Å². The fraction of sp³-hybridized carbons (Fsp3) is 0.391. The standard InChI is InChI=1S/C23H27BrN2O7S/c1-7-31-22(27)21(23(3,4)5)32-19-12-18-15(13(2)25-33-18)11-16(19)26-34(28,29)20-10-14(24)8-9-17(20)30-6/h8-12,21,26H,7H2,1-6H3. The smallest absolute Gasteiger partial charge is 0.347 e. The van der Waals surface area contributed by atoms with Gasteiger partial charge in [0.2, 0.25) is 6.10 Å². The molecule has 0 bridgehead atoms. The molecule has 1 N–H and O–H groups in total. The first-order valence-corrected chi connectivity index (χ1v) is 12.7. The number of rotatable bonds is 8. The van der Waals surface area contributed by atoms with Crippen LogP contribution in [0.5, 0.6) is 11.5 Å². The molecule has 3 aromatic rings. The van der Waals surface area contributed by atoms with E-state index >= 15 is 0 Å². The van der Waals surface area contributed by atoms with Crippen LogP contribution in [0.25, 0.3) is 11.0 Å². The number of ether oxygens (including phenoxy) is 3. The number of hydrogen-bond donors (Lipinski definition) is 1. The number of hydrogen-bond acceptors (Lipinski definition) is 8. The fourth-order valence-corrected chi connectivity index (χ4v) is 5.02. The van der Waals surface area contributed by atoms with Gasteiger partial charge < -0.3 is 18.7 Å². The Morgan fingerprint density at radius 1 is 1.21 bits per heavy atom. The second-order valence-corrected chi connectivity index (χ2v) is 11.2. The Morgan fingerprint density at radius 2 is 1.91 bits per heavy atom. The Hall–Kier alpha value is -2.79. The lowest BCUT2D eigenvalue weighted by Crippen LogP contribution is -2.41. The number of aromatic nitrogens is 1. The number of fused-ring (bicyclic) bond motifs is 1. The Bertz CT molecular complexity index is 1310. The van der Waals surface area contributed by atoms with Crippen LogP contribution in [0.3, 0.4) is 0 Å². The minimum atomic E-state index is -4.12. The molecular weight excluding hydrogens is 528 g/mol. The number of benzene rings is 2. The highest BCUT2D eigenvalue weighted by Gasteiger charge is 2.36. The number of esters is 1. The van der Waals surface area contributed by atoms with E-state index in [-0.39, 0.29) is 28.7 Å². The van der Waals surface area contributed by atoms with Gasteiger partial charge in [-0.05, 0) is 38.1 Å². The zero-order valence-electron chi connectivity index (χ0n) is 19.8. The Kier molecular flexibility index (Phi) is 7.47. The lowest BCUT2D eigenvalue weighted by Gasteiger charge is -2.29. The molecule has 0 aliphatic carbocycles. The van der Waals surface area contributed by atoms with E-state index in [1.807, 2.05) is 20.8 Å². The number of nitrogens with one attached hydrogen (secondary N) is 1. The Morgan fingerprint density at radius 3 is 2.53 bits per heavy atom. The van der Waals surface area contributed by atoms with E-state index in [4.69, 9.17) is 18.7 Å². The van der Waals surface area contributed by atoms with E-state index in [1.54, 1.807) is 32.0 Å². The molecule has 11 heteroatoms. The highest BCUT2D eigenvalue weighted by Crippen LogP contribution is 2.38. The summed E-state index contributed by atoms with van der Waals surface area (Å²) in [4.78, 5) is 12.6. The molecule has 0 spiro atoms. The van der Waals surface area contributed by atoms with E-state index in [1.165, 1.54) is 19.2 Å². The van der Waals surface area contributed by atoms with E-state index in [0.29, 0.717) is 21.1 Å². The lowest BCUT2D eigenvalue weighted by molar-refractivity contribution is -0.156. The quantitative estimate of drug-likeness (QED) is 0.383. The van der Waals surface area contributed by atoms with Crippen molar-refractivity contribution in [2.24, 2.45) is 5.41 Å². The van der Waals surface area contributed by atoms with Crippen molar-refractivity contribution in [3.05, 3.63) is 40.5 Å². The average Bonchev–Trinajstić information content (AvgIpc) is 3.10. The highest BCUT2D eigenvalue weighted by molar-refractivity contribution is 9.10. The van der Waals surface area contributed by atoms with Crippen LogP contribution >= 0.6 is 15.9 Å². The van der Waals surface area contributed by atoms with Gasteiger partial charge in [-0.15, -0.1) is 0 Å². The summed E-state index contributed by atoms with van der Waals surface area (Å²) in [7, 11) is -2.73. The van der Waals surface area contributed by atoms with Crippen molar-refractivity contribution < 1.29 is 31.9 Å². The van der Waals surface area contributed by atoms with Crippen molar-refractivity contribution in [2.75, 3.05) is 18.4 Å². The van der Waals surface area contributed by atoms with Gasteiger partial charge in [-0.3, -0.25) is 4.72 Å². The number of carbonyl (C=O) groups excluding carboxylic acids is 1. The molecule has 1 aromatic heterocycles. The van der Waals surface area contributed by atoms with Gasteiger partial charge in [-0.2, -0.15) is 0 Å². The van der Waals surface area contributed by atoms with Gasteiger partial charge in [-0.1, -0.05) is 41.9 Å². The topological polar surface area (TPSA) is 117 Å². The number of sulfonamides is 1. The van der Waals surface area contributed by atoms with Crippen LogP contribution in [-0.2, 0) is 19.6 Å². The molecule has 3 rings (SSSR count). The number of anilines is 1. The summed E-state index contributed by atoms with van der Waals surface area (Å²) in [5, 5.41) is 4.53. The van der Waals surface area contributed by atoms with Crippen molar-refractivity contribution in [3.63, 3.8) is 0 Å². The number of methoxy groups -OCH3 is 1. The predicted octanol–water partition coefficient (Wildman–Crippen LogP) is 5.06. The molecule has 1 unspecified atom stereocenters. The minimum absolute atomic E-state index is 0.0739. The van der Waals surface area contributed by atoms with Gasteiger partial charge in [0.25, 0.3) is 10.0 Å². The monoisotopic (exact) mass is 554 g/mol. The predicted molar refractivity (Wildman–Crippen MR) is 131 cm³/mol. The number of carbonyl (C=O) groups is 1. The largest absolute Gasteiger partial charge is 0.495 e. The maximum absolute atomic E-state index is 13.4. The molecule has 0 radical (unpaired) electrons. The zero-order valence-corrected chi connectivity index (χ0v) is 22.2. The third kappa shape index (κ3) is 5.47. The summed E-state index contributed by atoms with van der Waals surface area (Å²) in [6.45, 7) is 9.08. The van der Waals surface area contributed by atoms with Crippen molar-refractivity contribution in [1.29, 1.82) is 0 Å². The summed E-state index contributed by atoms with van der Waals surface area (Å²) in [6.07, 6.45) is -1.02. The van der Waals surface area contributed by atoms with Gasteiger partial charge in [-0.25, -0.2) is 13.2 Å². The number of halogens is 1. The second-order valence-electron chi connectivity index (χ2n) is 8.63. The Balaban J connectivity index is 2.13. The third-order valence-corrected chi connectivity index (χ3v) is 6.82. The SMILES string of the molecule is CCOC(=O)C(Oc1cc2onc(C)c2cc1NS(=O)(=O)c1cc(Br)ccc1OC)C(C)(C)C. The van der Waals surface area contributed by atoms with E-state index in [9.17, 15) is 13.2 Å². The van der Waals surface area contributed by atoms with Crippen molar-refractivity contribution in [3.8, 4) is 11.5 Å². The minimum Gasteiger partial charge on any atom is -0.495 e. The van der Waals surface area contributed by atoms with Crippen LogP contribution < -0.4 is 14.2 Å². The van der Waals surface area contributed by atoms with Crippen LogP contribution in [-0.4, -0.2) is 39.4 Å². The molecule has 0 fully saturated rings. The van der Waals surface area contributed by atoms with Gasteiger partial charge in [0.15, 0.2) is 5.58 Å². The molecule has 1 heterocycles. The Labute approximate surface area is 206 Å². The van der Waals surface area contributed by atoms with Crippen LogP contribution in [0.15, 0.2) is 44.2 Å². The molecular formula is C23H27BrN2O7S. The maximum Gasteiger partial charge on any atom is 0.347 e.